The molecule has 5 heteroatoms. The molecule has 0 aliphatic heterocycles. The lowest BCUT2D eigenvalue weighted by Gasteiger charge is -2.13. The molecule has 2 aromatic rings. The fraction of sp³-hybridized carbons (Fsp3) is 0.294. The van der Waals surface area contributed by atoms with Gasteiger partial charge in [-0.25, -0.2) is 0 Å². The Bertz CT molecular complexity index is 632. The Labute approximate surface area is 148 Å². The van der Waals surface area contributed by atoms with Crippen LogP contribution in [0.2, 0.25) is 0 Å². The molecule has 0 saturated carbocycles. The van der Waals surface area contributed by atoms with E-state index in [0.717, 1.165) is 45.5 Å². The third-order valence-corrected chi connectivity index (χ3v) is 4.42. The van der Waals surface area contributed by atoms with E-state index in [1.165, 1.54) is 5.56 Å². The van der Waals surface area contributed by atoms with Crippen LogP contribution in [-0.4, -0.2) is 20.8 Å². The number of halogens is 2. The summed E-state index contributed by atoms with van der Waals surface area (Å²) < 4.78 is 12.8. The quantitative estimate of drug-likeness (QED) is 0.655. The Morgan fingerprint density at radius 2 is 1.77 bits per heavy atom. The van der Waals surface area contributed by atoms with Crippen LogP contribution in [-0.2, 0) is 13.0 Å². The van der Waals surface area contributed by atoms with Gasteiger partial charge in [-0.05, 0) is 52.7 Å². The lowest BCUT2D eigenvalue weighted by Crippen LogP contribution is -2.17. The fourth-order valence-electron chi connectivity index (χ4n) is 2.33. The Kier molecular flexibility index (Phi) is 6.73. The van der Waals surface area contributed by atoms with Crippen LogP contribution >= 0.6 is 31.9 Å². The highest BCUT2D eigenvalue weighted by atomic mass is 79.9. The molecule has 0 aliphatic carbocycles. The monoisotopic (exact) mass is 427 g/mol. The molecule has 0 amide bonds. The van der Waals surface area contributed by atoms with Crippen molar-refractivity contribution < 1.29 is 9.47 Å². The lowest BCUT2D eigenvalue weighted by atomic mass is 10.1. The first-order valence-electron chi connectivity index (χ1n) is 7.00. The van der Waals surface area contributed by atoms with Crippen molar-refractivity contribution in [2.24, 2.45) is 0 Å². The topological polar surface area (TPSA) is 30.5 Å². The maximum atomic E-state index is 5.46. The normalized spacial score (nSPS) is 10.5. The van der Waals surface area contributed by atoms with Crippen LogP contribution in [0.1, 0.15) is 11.1 Å². The summed E-state index contributed by atoms with van der Waals surface area (Å²) in [5.74, 6) is 1.81. The third-order valence-electron chi connectivity index (χ3n) is 3.37. The summed E-state index contributed by atoms with van der Waals surface area (Å²) in [4.78, 5) is 0. The zero-order chi connectivity index (χ0) is 15.9. The molecule has 0 fully saturated rings. The van der Waals surface area contributed by atoms with E-state index in [-0.39, 0.29) is 0 Å². The van der Waals surface area contributed by atoms with Gasteiger partial charge in [0.1, 0.15) is 11.5 Å². The fourth-order valence-corrected chi connectivity index (χ4v) is 3.80. The second-order valence-corrected chi connectivity index (χ2v) is 6.59. The summed E-state index contributed by atoms with van der Waals surface area (Å²) in [6, 6.07) is 12.2. The molecule has 0 bridgehead atoms. The van der Waals surface area contributed by atoms with Crippen LogP contribution < -0.4 is 14.8 Å². The minimum absolute atomic E-state index is 0.746. The van der Waals surface area contributed by atoms with E-state index in [1.807, 2.05) is 24.3 Å². The zero-order valence-corrected chi connectivity index (χ0v) is 15.8. The molecule has 0 unspecified atom stereocenters. The second kappa shape index (κ2) is 8.56. The van der Waals surface area contributed by atoms with E-state index < -0.39 is 0 Å². The maximum Gasteiger partial charge on any atom is 0.137 e. The van der Waals surface area contributed by atoms with Crippen LogP contribution in [0.15, 0.2) is 45.3 Å². The lowest BCUT2D eigenvalue weighted by molar-refractivity contribution is 0.404. The number of hydrogen-bond donors (Lipinski definition) is 1. The van der Waals surface area contributed by atoms with Gasteiger partial charge in [0.2, 0.25) is 0 Å². The molecule has 0 aromatic heterocycles. The summed E-state index contributed by atoms with van der Waals surface area (Å²) in [6.45, 7) is 1.62. The van der Waals surface area contributed by atoms with E-state index in [9.17, 15) is 0 Å². The molecule has 118 valence electrons. The Morgan fingerprint density at radius 1 is 1.00 bits per heavy atom. The van der Waals surface area contributed by atoms with Gasteiger partial charge in [0.05, 0.1) is 18.7 Å². The molecule has 0 radical (unpaired) electrons. The Hall–Kier alpha value is -1.04. The summed E-state index contributed by atoms with van der Waals surface area (Å²) in [5.41, 5.74) is 2.32. The minimum atomic E-state index is 0.746. The van der Waals surface area contributed by atoms with E-state index in [1.54, 1.807) is 14.2 Å². The number of methoxy groups -OCH3 is 2. The van der Waals surface area contributed by atoms with Gasteiger partial charge in [0.15, 0.2) is 0 Å². The summed E-state index contributed by atoms with van der Waals surface area (Å²) in [5, 5.41) is 3.45. The van der Waals surface area contributed by atoms with Crippen LogP contribution in [0.3, 0.4) is 0 Å². The number of rotatable bonds is 7. The van der Waals surface area contributed by atoms with Crippen molar-refractivity contribution in [3.63, 3.8) is 0 Å². The zero-order valence-electron chi connectivity index (χ0n) is 12.7. The second-order valence-electron chi connectivity index (χ2n) is 4.82. The highest BCUT2D eigenvalue weighted by Crippen LogP contribution is 2.32. The Morgan fingerprint density at radius 3 is 2.50 bits per heavy atom. The van der Waals surface area contributed by atoms with Gasteiger partial charge in [0.25, 0.3) is 0 Å². The first-order valence-corrected chi connectivity index (χ1v) is 8.58. The Balaban J connectivity index is 1.94. The largest absolute Gasteiger partial charge is 0.496 e. The van der Waals surface area contributed by atoms with Gasteiger partial charge in [0, 0.05) is 16.6 Å². The minimum Gasteiger partial charge on any atom is -0.496 e. The highest BCUT2D eigenvalue weighted by molar-refractivity contribution is 9.11. The smallest absolute Gasteiger partial charge is 0.137 e. The van der Waals surface area contributed by atoms with E-state index in [4.69, 9.17) is 9.47 Å². The van der Waals surface area contributed by atoms with Crippen molar-refractivity contribution in [3.8, 4) is 11.5 Å². The molecule has 0 spiro atoms. The first kappa shape index (κ1) is 17.3. The molecule has 3 nitrogen and oxygen atoms in total. The molecule has 1 N–H and O–H groups in total. The number of nitrogens with one attached hydrogen (secondary N) is 1. The standard InChI is InChI=1S/C17H19Br2NO2/c1-21-16-6-4-3-5-12(16)7-8-20-11-13-9-14(18)10-15(19)17(13)22-2/h3-6,9-10,20H,7-8,11H2,1-2H3. The van der Waals surface area contributed by atoms with Crippen LogP contribution in [0.5, 0.6) is 11.5 Å². The molecular weight excluding hydrogens is 410 g/mol. The van der Waals surface area contributed by atoms with E-state index >= 15 is 0 Å². The SMILES string of the molecule is COc1ccccc1CCNCc1cc(Br)cc(Br)c1OC. The predicted molar refractivity (Wildman–Crippen MR) is 96.8 cm³/mol. The van der Waals surface area contributed by atoms with Crippen molar-refractivity contribution >= 4 is 31.9 Å². The number of ether oxygens (including phenoxy) is 2. The average molecular weight is 429 g/mol. The average Bonchev–Trinajstić information content (AvgIpc) is 2.51. The van der Waals surface area contributed by atoms with Crippen molar-refractivity contribution in [1.29, 1.82) is 0 Å². The number of benzene rings is 2. The molecule has 0 saturated heterocycles. The van der Waals surface area contributed by atoms with Gasteiger partial charge < -0.3 is 14.8 Å². The summed E-state index contributed by atoms with van der Waals surface area (Å²) in [7, 11) is 3.39. The van der Waals surface area contributed by atoms with Crippen LogP contribution in [0, 0.1) is 0 Å². The van der Waals surface area contributed by atoms with Gasteiger partial charge in [-0.3, -0.25) is 0 Å². The molecular formula is C17H19Br2NO2. The third kappa shape index (κ3) is 4.48. The molecule has 22 heavy (non-hydrogen) atoms. The molecule has 2 rings (SSSR count). The van der Waals surface area contributed by atoms with Gasteiger partial charge in [-0.15, -0.1) is 0 Å². The molecule has 0 atom stereocenters. The molecule has 2 aromatic carbocycles. The van der Waals surface area contributed by atoms with Gasteiger partial charge in [-0.1, -0.05) is 34.1 Å². The predicted octanol–water partition coefficient (Wildman–Crippen LogP) is 4.56. The van der Waals surface area contributed by atoms with Crippen LogP contribution in [0.4, 0.5) is 0 Å². The van der Waals surface area contributed by atoms with Crippen molar-refractivity contribution in [1.82, 2.24) is 5.32 Å². The number of para-hydroxylation sites is 1. The first-order chi connectivity index (χ1) is 10.7. The summed E-state index contributed by atoms with van der Waals surface area (Å²) >= 11 is 7.03. The van der Waals surface area contributed by atoms with Crippen molar-refractivity contribution in [2.45, 2.75) is 13.0 Å². The van der Waals surface area contributed by atoms with Crippen molar-refractivity contribution in [3.05, 3.63) is 56.5 Å². The van der Waals surface area contributed by atoms with E-state index in [0.29, 0.717) is 0 Å². The molecule has 0 heterocycles. The highest BCUT2D eigenvalue weighted by Gasteiger charge is 2.09. The molecule has 0 aliphatic rings. The van der Waals surface area contributed by atoms with Crippen molar-refractivity contribution in [2.75, 3.05) is 20.8 Å². The van der Waals surface area contributed by atoms with Gasteiger partial charge >= 0.3 is 0 Å². The maximum absolute atomic E-state index is 5.46. The van der Waals surface area contributed by atoms with Crippen LogP contribution in [0.25, 0.3) is 0 Å². The van der Waals surface area contributed by atoms with E-state index in [2.05, 4.69) is 49.3 Å². The van der Waals surface area contributed by atoms with Gasteiger partial charge in [-0.2, -0.15) is 0 Å². The summed E-state index contributed by atoms with van der Waals surface area (Å²) in [6.07, 6.45) is 0.918. The number of hydrogen-bond acceptors (Lipinski definition) is 3.